The van der Waals surface area contributed by atoms with Crippen LogP contribution in [-0.2, 0) is 9.84 Å². The van der Waals surface area contributed by atoms with E-state index in [9.17, 15) is 18.0 Å². The highest BCUT2D eigenvalue weighted by molar-refractivity contribution is 7.90. The maximum Gasteiger partial charge on any atom is 0.321 e. The van der Waals surface area contributed by atoms with E-state index in [1.54, 1.807) is 24.3 Å². The molecule has 1 N–H and O–H groups in total. The smallest absolute Gasteiger partial charge is 0.321 e. The second-order valence-electron chi connectivity index (χ2n) is 4.62. The van der Waals surface area contributed by atoms with Crippen molar-refractivity contribution in [3.8, 4) is 0 Å². The van der Waals surface area contributed by atoms with Crippen LogP contribution in [0.5, 0.6) is 0 Å². The zero-order chi connectivity index (χ0) is 15.3. The summed E-state index contributed by atoms with van der Waals surface area (Å²) in [5.41, 5.74) is 1.11. The predicted molar refractivity (Wildman–Crippen MR) is 77.8 cm³/mol. The molecule has 6 nitrogen and oxygen atoms in total. The van der Waals surface area contributed by atoms with Gasteiger partial charge < -0.3 is 10.2 Å². The molecule has 2 amide bonds. The van der Waals surface area contributed by atoms with Crippen molar-refractivity contribution in [1.82, 2.24) is 4.90 Å². The molecule has 1 aromatic carbocycles. The number of hydrogen-bond acceptors (Lipinski definition) is 4. The van der Waals surface area contributed by atoms with Crippen molar-refractivity contribution < 1.29 is 18.0 Å². The molecule has 7 heteroatoms. The zero-order valence-electron chi connectivity index (χ0n) is 11.7. The molecule has 0 saturated carbocycles. The van der Waals surface area contributed by atoms with Crippen LogP contribution in [0.3, 0.4) is 0 Å². The van der Waals surface area contributed by atoms with Crippen LogP contribution < -0.4 is 5.32 Å². The van der Waals surface area contributed by atoms with Gasteiger partial charge in [0.2, 0.25) is 0 Å². The summed E-state index contributed by atoms with van der Waals surface area (Å²) in [5.74, 6) is -0.131. The summed E-state index contributed by atoms with van der Waals surface area (Å²) in [4.78, 5) is 24.2. The number of rotatable bonds is 5. The Balaban J connectivity index is 2.59. The van der Waals surface area contributed by atoms with Crippen LogP contribution in [0, 0.1) is 0 Å². The SMILES string of the molecule is CC(=O)c1ccc(NC(=O)N(C)CCS(C)(=O)=O)cc1. The van der Waals surface area contributed by atoms with Gasteiger partial charge in [-0.15, -0.1) is 0 Å². The van der Waals surface area contributed by atoms with Crippen LogP contribution in [0.2, 0.25) is 0 Å². The van der Waals surface area contributed by atoms with Crippen LogP contribution in [0.15, 0.2) is 24.3 Å². The third kappa shape index (κ3) is 5.40. The molecular formula is C13H18N2O4S. The van der Waals surface area contributed by atoms with E-state index in [2.05, 4.69) is 5.32 Å². The second-order valence-corrected chi connectivity index (χ2v) is 6.87. The Labute approximate surface area is 118 Å². The summed E-state index contributed by atoms with van der Waals surface area (Å²) in [6.07, 6.45) is 1.12. The Morgan fingerprint density at radius 1 is 1.20 bits per heavy atom. The third-order valence-corrected chi connectivity index (χ3v) is 3.61. The lowest BCUT2D eigenvalue weighted by atomic mass is 10.1. The van der Waals surface area contributed by atoms with Crippen molar-refractivity contribution in [2.24, 2.45) is 0 Å². The number of benzene rings is 1. The van der Waals surface area contributed by atoms with Crippen LogP contribution in [-0.4, -0.2) is 50.7 Å². The first kappa shape index (κ1) is 16.2. The Bertz CT molecular complexity index is 593. The number of ketones is 1. The molecule has 20 heavy (non-hydrogen) atoms. The molecule has 0 spiro atoms. The number of carbonyl (C=O) groups is 2. The summed E-state index contributed by atoms with van der Waals surface area (Å²) < 4.78 is 22.1. The first-order valence-electron chi connectivity index (χ1n) is 6.00. The number of sulfone groups is 1. The van der Waals surface area contributed by atoms with E-state index in [0.717, 1.165) is 6.26 Å². The minimum absolute atomic E-state index is 0.0480. The van der Waals surface area contributed by atoms with E-state index in [0.29, 0.717) is 11.3 Å². The van der Waals surface area contributed by atoms with Crippen LogP contribution >= 0.6 is 0 Å². The highest BCUT2D eigenvalue weighted by Gasteiger charge is 2.11. The van der Waals surface area contributed by atoms with Crippen LogP contribution in [0.4, 0.5) is 10.5 Å². The van der Waals surface area contributed by atoms with Gasteiger partial charge in [-0.25, -0.2) is 13.2 Å². The van der Waals surface area contributed by atoms with E-state index < -0.39 is 15.9 Å². The minimum atomic E-state index is -3.10. The molecule has 110 valence electrons. The minimum Gasteiger partial charge on any atom is -0.327 e. The molecule has 1 rings (SSSR count). The highest BCUT2D eigenvalue weighted by Crippen LogP contribution is 2.10. The van der Waals surface area contributed by atoms with Crippen molar-refractivity contribution >= 4 is 27.3 Å². The zero-order valence-corrected chi connectivity index (χ0v) is 12.5. The number of urea groups is 1. The number of amides is 2. The maximum absolute atomic E-state index is 11.8. The largest absolute Gasteiger partial charge is 0.327 e. The monoisotopic (exact) mass is 298 g/mol. The number of hydrogen-bond donors (Lipinski definition) is 1. The van der Waals surface area contributed by atoms with Gasteiger partial charge in [-0.1, -0.05) is 0 Å². The lowest BCUT2D eigenvalue weighted by Gasteiger charge is -2.17. The number of anilines is 1. The fourth-order valence-corrected chi connectivity index (χ4v) is 2.02. The first-order valence-corrected chi connectivity index (χ1v) is 8.06. The molecule has 0 saturated heterocycles. The van der Waals surface area contributed by atoms with Gasteiger partial charge in [0.25, 0.3) is 0 Å². The van der Waals surface area contributed by atoms with E-state index in [4.69, 9.17) is 0 Å². The Kier molecular flexibility index (Phi) is 5.26. The average Bonchev–Trinajstić information content (AvgIpc) is 2.35. The summed E-state index contributed by atoms with van der Waals surface area (Å²) in [6, 6.07) is 6.09. The molecule has 1 aromatic rings. The average molecular weight is 298 g/mol. The van der Waals surface area contributed by atoms with E-state index in [1.807, 2.05) is 0 Å². The highest BCUT2D eigenvalue weighted by atomic mass is 32.2. The molecule has 0 unspecified atom stereocenters. The molecule has 0 radical (unpaired) electrons. The van der Waals surface area contributed by atoms with Gasteiger partial charge in [0.15, 0.2) is 5.78 Å². The van der Waals surface area contributed by atoms with Gasteiger partial charge in [0, 0.05) is 31.1 Å². The number of nitrogens with one attached hydrogen (secondary N) is 1. The normalized spacial score (nSPS) is 10.9. The van der Waals surface area contributed by atoms with Crippen LogP contribution in [0.25, 0.3) is 0 Å². The maximum atomic E-state index is 11.8. The standard InChI is InChI=1S/C13H18N2O4S/c1-10(16)11-4-6-12(7-5-11)14-13(17)15(2)8-9-20(3,18)19/h4-7H,8-9H2,1-3H3,(H,14,17). The summed E-state index contributed by atoms with van der Waals surface area (Å²) in [7, 11) is -1.58. The molecule has 0 aliphatic carbocycles. The Hall–Kier alpha value is -1.89. The molecule has 0 fully saturated rings. The second kappa shape index (κ2) is 6.51. The van der Waals surface area contributed by atoms with Gasteiger partial charge in [-0.3, -0.25) is 4.79 Å². The fraction of sp³-hybridized carbons (Fsp3) is 0.385. The van der Waals surface area contributed by atoms with Crippen molar-refractivity contribution in [2.45, 2.75) is 6.92 Å². The van der Waals surface area contributed by atoms with Crippen molar-refractivity contribution in [3.05, 3.63) is 29.8 Å². The number of Topliss-reactive ketones (excluding diaryl/α,β-unsaturated/α-hetero) is 1. The van der Waals surface area contributed by atoms with Gasteiger partial charge >= 0.3 is 6.03 Å². The molecule has 0 heterocycles. The Morgan fingerprint density at radius 3 is 2.20 bits per heavy atom. The molecule has 0 atom stereocenters. The Morgan fingerprint density at radius 2 is 1.75 bits per heavy atom. The van der Waals surface area contributed by atoms with Gasteiger partial charge in [0.1, 0.15) is 9.84 Å². The summed E-state index contributed by atoms with van der Waals surface area (Å²) >= 11 is 0. The lowest BCUT2D eigenvalue weighted by molar-refractivity contribution is 0.101. The van der Waals surface area contributed by atoms with Crippen LogP contribution in [0.1, 0.15) is 17.3 Å². The fourth-order valence-electron chi connectivity index (χ4n) is 1.41. The number of carbonyl (C=O) groups excluding carboxylic acids is 2. The van der Waals surface area contributed by atoms with Crippen molar-refractivity contribution in [2.75, 3.05) is 30.9 Å². The summed E-state index contributed by atoms with van der Waals surface area (Å²) in [5, 5.41) is 2.62. The molecule has 0 aliphatic heterocycles. The predicted octanol–water partition coefficient (Wildman–Crippen LogP) is 1.40. The van der Waals surface area contributed by atoms with Gasteiger partial charge in [0.05, 0.1) is 5.75 Å². The topological polar surface area (TPSA) is 83.6 Å². The molecule has 0 bridgehead atoms. The first-order chi connectivity index (χ1) is 9.19. The van der Waals surface area contributed by atoms with Gasteiger partial charge in [-0.05, 0) is 31.2 Å². The van der Waals surface area contributed by atoms with E-state index in [1.165, 1.54) is 18.9 Å². The van der Waals surface area contributed by atoms with Gasteiger partial charge in [-0.2, -0.15) is 0 Å². The van der Waals surface area contributed by atoms with E-state index >= 15 is 0 Å². The summed E-state index contributed by atoms with van der Waals surface area (Å²) in [6.45, 7) is 1.59. The third-order valence-electron chi connectivity index (χ3n) is 2.69. The van der Waals surface area contributed by atoms with E-state index in [-0.39, 0.29) is 18.1 Å². The quantitative estimate of drug-likeness (QED) is 0.833. The van der Waals surface area contributed by atoms with Crippen molar-refractivity contribution in [1.29, 1.82) is 0 Å². The number of nitrogens with zero attached hydrogens (tertiary/aromatic N) is 1. The molecule has 0 aromatic heterocycles. The van der Waals surface area contributed by atoms with Crippen molar-refractivity contribution in [3.63, 3.8) is 0 Å². The molecule has 0 aliphatic rings. The molecular weight excluding hydrogens is 280 g/mol. The lowest BCUT2D eigenvalue weighted by Crippen LogP contribution is -2.34.